The lowest BCUT2D eigenvalue weighted by Crippen LogP contribution is -2.00. The Morgan fingerprint density at radius 3 is 1.97 bits per heavy atom. The first kappa shape index (κ1) is 24.5. The lowest BCUT2D eigenvalue weighted by molar-refractivity contribution is 0.110. The van der Waals surface area contributed by atoms with Gasteiger partial charge in [0.15, 0.2) is 12.6 Å². The van der Waals surface area contributed by atoms with Crippen LogP contribution in [0.4, 0.5) is 8.78 Å². The molecule has 1 N–H and O–H groups in total. The number of aldehydes is 2. The van der Waals surface area contributed by atoms with Gasteiger partial charge in [0.05, 0.1) is 18.2 Å². The number of carbonyl (C=O) groups excluding carboxylic acids is 2. The lowest BCUT2D eigenvalue weighted by Gasteiger charge is -2.10. The highest BCUT2D eigenvalue weighted by molar-refractivity contribution is 9.10. The second-order valence-electron chi connectivity index (χ2n) is 5.99. The molecule has 0 unspecified atom stereocenters. The predicted molar refractivity (Wildman–Crippen MR) is 118 cm³/mol. The summed E-state index contributed by atoms with van der Waals surface area (Å²) in [5, 5.41) is 8.97. The molecule has 9 heteroatoms. The van der Waals surface area contributed by atoms with Gasteiger partial charge < -0.3 is 14.6 Å². The summed E-state index contributed by atoms with van der Waals surface area (Å²) in [6, 6.07) is 12.5. The van der Waals surface area contributed by atoms with Crippen LogP contribution in [0.3, 0.4) is 0 Å². The van der Waals surface area contributed by atoms with E-state index in [-0.39, 0.29) is 35.5 Å². The molecule has 0 saturated carbocycles. The summed E-state index contributed by atoms with van der Waals surface area (Å²) < 4.78 is 37.8. The number of hydrogen-bond donors (Lipinski definition) is 1. The van der Waals surface area contributed by atoms with Crippen molar-refractivity contribution >= 4 is 44.4 Å². The second kappa shape index (κ2) is 11.6. The summed E-state index contributed by atoms with van der Waals surface area (Å²) in [7, 11) is 1.59. The third-order valence-corrected chi connectivity index (χ3v) is 4.83. The van der Waals surface area contributed by atoms with E-state index >= 15 is 0 Å². The number of ether oxygens (including phenoxy) is 2. The number of carbonyl (C=O) groups is 2. The van der Waals surface area contributed by atoms with E-state index in [2.05, 4.69) is 31.9 Å². The van der Waals surface area contributed by atoms with Crippen LogP contribution < -0.4 is 9.47 Å². The SMILES string of the molecule is COc1ccc(COc2cc(Br)cc(F)c2C=O)cc1.O=Cc1c(O)cc(Br)cc1F. The van der Waals surface area contributed by atoms with Crippen molar-refractivity contribution in [2.24, 2.45) is 0 Å². The lowest BCUT2D eigenvalue weighted by atomic mass is 10.2. The highest BCUT2D eigenvalue weighted by Crippen LogP contribution is 2.27. The first-order valence-electron chi connectivity index (χ1n) is 8.62. The Morgan fingerprint density at radius 1 is 0.903 bits per heavy atom. The molecule has 3 aromatic carbocycles. The van der Waals surface area contributed by atoms with Gasteiger partial charge in [0.2, 0.25) is 0 Å². The van der Waals surface area contributed by atoms with Crippen LogP contribution in [-0.2, 0) is 6.61 Å². The second-order valence-corrected chi connectivity index (χ2v) is 7.82. The summed E-state index contributed by atoms with van der Waals surface area (Å²) in [4.78, 5) is 21.0. The van der Waals surface area contributed by atoms with Gasteiger partial charge in [0, 0.05) is 8.95 Å². The highest BCUT2D eigenvalue weighted by atomic mass is 79.9. The Balaban J connectivity index is 0.000000262. The van der Waals surface area contributed by atoms with Crippen molar-refractivity contribution in [1.82, 2.24) is 0 Å². The molecule has 0 spiro atoms. The minimum absolute atomic E-state index is 0.0817. The molecule has 3 aromatic rings. The van der Waals surface area contributed by atoms with Crippen molar-refractivity contribution in [3.63, 3.8) is 0 Å². The smallest absolute Gasteiger partial charge is 0.156 e. The molecule has 162 valence electrons. The molecule has 0 saturated heterocycles. The first-order valence-corrected chi connectivity index (χ1v) is 10.2. The van der Waals surface area contributed by atoms with E-state index < -0.39 is 11.6 Å². The van der Waals surface area contributed by atoms with Crippen LogP contribution >= 0.6 is 31.9 Å². The van der Waals surface area contributed by atoms with Gasteiger partial charge in [-0.05, 0) is 42.0 Å². The topological polar surface area (TPSA) is 72.8 Å². The average Bonchev–Trinajstić information content (AvgIpc) is 2.72. The van der Waals surface area contributed by atoms with Crippen molar-refractivity contribution in [3.8, 4) is 17.2 Å². The van der Waals surface area contributed by atoms with Crippen molar-refractivity contribution < 1.29 is 33.0 Å². The number of hydrogen-bond acceptors (Lipinski definition) is 5. The maximum atomic E-state index is 13.6. The highest BCUT2D eigenvalue weighted by Gasteiger charge is 2.11. The number of rotatable bonds is 6. The fourth-order valence-electron chi connectivity index (χ4n) is 2.37. The molecule has 0 amide bonds. The molecule has 0 fully saturated rings. The summed E-state index contributed by atoms with van der Waals surface area (Å²) in [6.07, 6.45) is 0.724. The number of phenolic OH excluding ortho intramolecular Hbond substituents is 1. The molecule has 5 nitrogen and oxygen atoms in total. The number of halogens is 4. The minimum Gasteiger partial charge on any atom is -0.507 e. The fourth-order valence-corrected chi connectivity index (χ4v) is 3.19. The van der Waals surface area contributed by atoms with Crippen molar-refractivity contribution in [2.75, 3.05) is 7.11 Å². The molecule has 0 aliphatic rings. The molecule has 0 aliphatic heterocycles. The quantitative estimate of drug-likeness (QED) is 0.371. The molecule has 0 radical (unpaired) electrons. The summed E-state index contributed by atoms with van der Waals surface area (Å²) in [5.41, 5.74) is 0.498. The van der Waals surface area contributed by atoms with Crippen LogP contribution in [0.5, 0.6) is 17.2 Å². The Bertz CT molecular complexity index is 1050. The van der Waals surface area contributed by atoms with Crippen LogP contribution in [0.15, 0.2) is 57.5 Å². The van der Waals surface area contributed by atoms with Crippen LogP contribution in [0.2, 0.25) is 0 Å². The summed E-state index contributed by atoms with van der Waals surface area (Å²) in [5.74, 6) is -0.739. The third-order valence-electron chi connectivity index (χ3n) is 3.92. The molecular weight excluding hydrogens is 542 g/mol. The van der Waals surface area contributed by atoms with E-state index in [0.717, 1.165) is 17.4 Å². The van der Waals surface area contributed by atoms with E-state index in [9.17, 15) is 18.4 Å². The zero-order valence-electron chi connectivity index (χ0n) is 16.1. The Morgan fingerprint density at radius 2 is 1.45 bits per heavy atom. The molecule has 0 heterocycles. The standard InChI is InChI=1S/C15H12BrFO3.C7H4BrFO2/c1-19-12-4-2-10(3-5-12)9-20-15-7-11(16)6-14(17)13(15)8-18;8-4-1-6(9)5(3-10)7(11)2-4/h2-8H,9H2,1H3;1-3,11H. The number of aromatic hydroxyl groups is 1. The Kier molecular flexibility index (Phi) is 9.14. The van der Waals surface area contributed by atoms with Gasteiger partial charge in [-0.15, -0.1) is 0 Å². The molecule has 0 bridgehead atoms. The van der Waals surface area contributed by atoms with Crippen molar-refractivity contribution in [1.29, 1.82) is 0 Å². The maximum Gasteiger partial charge on any atom is 0.156 e. The van der Waals surface area contributed by atoms with E-state index in [1.165, 1.54) is 12.1 Å². The van der Waals surface area contributed by atoms with Crippen LogP contribution in [0.1, 0.15) is 26.3 Å². The first-order chi connectivity index (χ1) is 14.8. The van der Waals surface area contributed by atoms with Gasteiger partial charge in [0.1, 0.15) is 35.5 Å². The van der Waals surface area contributed by atoms with Crippen molar-refractivity contribution in [3.05, 3.63) is 85.8 Å². The third kappa shape index (κ3) is 6.86. The van der Waals surface area contributed by atoms with Gasteiger partial charge in [-0.3, -0.25) is 9.59 Å². The van der Waals surface area contributed by atoms with Crippen LogP contribution in [0.25, 0.3) is 0 Å². The van der Waals surface area contributed by atoms with Gasteiger partial charge in [-0.1, -0.05) is 44.0 Å². The number of methoxy groups -OCH3 is 1. The summed E-state index contributed by atoms with van der Waals surface area (Å²) >= 11 is 6.13. The minimum atomic E-state index is -0.730. The van der Waals surface area contributed by atoms with Gasteiger partial charge >= 0.3 is 0 Å². The van der Waals surface area contributed by atoms with E-state index in [4.69, 9.17) is 14.6 Å². The van der Waals surface area contributed by atoms with E-state index in [1.54, 1.807) is 25.3 Å². The average molecular weight is 558 g/mol. The zero-order valence-corrected chi connectivity index (χ0v) is 19.2. The van der Waals surface area contributed by atoms with E-state index in [0.29, 0.717) is 15.2 Å². The Hall–Kier alpha value is -2.78. The fraction of sp³-hybridized carbons (Fsp3) is 0.0909. The van der Waals surface area contributed by atoms with Crippen LogP contribution in [0, 0.1) is 11.6 Å². The van der Waals surface area contributed by atoms with Gasteiger partial charge in [0.25, 0.3) is 0 Å². The summed E-state index contributed by atoms with van der Waals surface area (Å²) in [6.45, 7) is 0.237. The molecular formula is C22H16Br2F2O5. The monoisotopic (exact) mass is 556 g/mol. The molecule has 0 atom stereocenters. The molecule has 0 aliphatic carbocycles. The normalized spacial score (nSPS) is 9.97. The zero-order chi connectivity index (χ0) is 23.0. The van der Waals surface area contributed by atoms with Crippen molar-refractivity contribution in [2.45, 2.75) is 6.61 Å². The van der Waals surface area contributed by atoms with Gasteiger partial charge in [-0.2, -0.15) is 0 Å². The van der Waals surface area contributed by atoms with Gasteiger partial charge in [-0.25, -0.2) is 8.78 Å². The largest absolute Gasteiger partial charge is 0.507 e. The molecule has 0 aromatic heterocycles. The number of benzene rings is 3. The van der Waals surface area contributed by atoms with Crippen LogP contribution in [-0.4, -0.2) is 24.8 Å². The predicted octanol–water partition coefficient (Wildman–Crippen LogP) is 6.09. The molecule has 3 rings (SSSR count). The number of phenols is 1. The van der Waals surface area contributed by atoms with E-state index in [1.807, 2.05) is 12.1 Å². The molecule has 31 heavy (non-hydrogen) atoms. The maximum absolute atomic E-state index is 13.6. The Labute approximate surface area is 193 Å².